The fourth-order valence-corrected chi connectivity index (χ4v) is 2.92. The van der Waals surface area contributed by atoms with E-state index in [1.54, 1.807) is 24.2 Å². The zero-order chi connectivity index (χ0) is 15.5. The SMILES string of the molecule is CCCn1cc(Cl)cc1C(=O)N(C)CC1(O)CCOCC1. The predicted octanol–water partition coefficient (Wildman–Crippen LogP) is 2.17. The van der Waals surface area contributed by atoms with E-state index in [9.17, 15) is 9.90 Å². The molecule has 1 aliphatic rings. The molecule has 0 unspecified atom stereocenters. The van der Waals surface area contributed by atoms with E-state index >= 15 is 0 Å². The molecule has 1 N–H and O–H groups in total. The van der Waals surface area contributed by atoms with Crippen LogP contribution in [0.25, 0.3) is 0 Å². The van der Waals surface area contributed by atoms with E-state index < -0.39 is 5.60 Å². The highest BCUT2D eigenvalue weighted by molar-refractivity contribution is 6.31. The third kappa shape index (κ3) is 3.99. The van der Waals surface area contributed by atoms with Crippen LogP contribution in [0.1, 0.15) is 36.7 Å². The van der Waals surface area contributed by atoms with E-state index in [2.05, 4.69) is 6.92 Å². The maximum atomic E-state index is 12.6. The van der Waals surface area contributed by atoms with Gasteiger partial charge in [-0.3, -0.25) is 4.79 Å². The molecule has 2 rings (SSSR count). The molecule has 6 heteroatoms. The summed E-state index contributed by atoms with van der Waals surface area (Å²) in [6, 6.07) is 1.68. The van der Waals surface area contributed by atoms with Gasteiger partial charge in [-0.25, -0.2) is 0 Å². The lowest BCUT2D eigenvalue weighted by atomic mass is 9.94. The highest BCUT2D eigenvalue weighted by Crippen LogP contribution is 2.23. The minimum absolute atomic E-state index is 0.115. The van der Waals surface area contributed by atoms with Gasteiger partial charge in [-0.2, -0.15) is 0 Å². The number of rotatable bonds is 5. The zero-order valence-electron chi connectivity index (χ0n) is 12.6. The summed E-state index contributed by atoms with van der Waals surface area (Å²) >= 11 is 6.01. The van der Waals surface area contributed by atoms with E-state index in [4.69, 9.17) is 16.3 Å². The van der Waals surface area contributed by atoms with Crippen LogP contribution in [0.5, 0.6) is 0 Å². The summed E-state index contributed by atoms with van der Waals surface area (Å²) < 4.78 is 7.13. The molecule has 0 saturated carbocycles. The summed E-state index contributed by atoms with van der Waals surface area (Å²) in [4.78, 5) is 14.1. The van der Waals surface area contributed by atoms with Crippen molar-refractivity contribution in [1.29, 1.82) is 0 Å². The van der Waals surface area contributed by atoms with Crippen LogP contribution in [0, 0.1) is 0 Å². The molecule has 5 nitrogen and oxygen atoms in total. The first kappa shape index (κ1) is 16.3. The Hall–Kier alpha value is -1.04. The first-order valence-corrected chi connectivity index (χ1v) is 7.74. The highest BCUT2D eigenvalue weighted by Gasteiger charge is 2.33. The molecule has 1 aromatic rings. The van der Waals surface area contributed by atoms with Gasteiger partial charge in [0, 0.05) is 52.4 Å². The van der Waals surface area contributed by atoms with Gasteiger partial charge in [0.05, 0.1) is 10.6 Å². The normalized spacial score (nSPS) is 17.7. The van der Waals surface area contributed by atoms with Gasteiger partial charge in [0.2, 0.25) is 0 Å². The van der Waals surface area contributed by atoms with Crippen molar-refractivity contribution in [3.8, 4) is 0 Å². The van der Waals surface area contributed by atoms with Crippen molar-refractivity contribution < 1.29 is 14.6 Å². The first-order chi connectivity index (χ1) is 9.95. The number of amides is 1. The van der Waals surface area contributed by atoms with E-state index in [-0.39, 0.29) is 5.91 Å². The third-order valence-electron chi connectivity index (χ3n) is 3.85. The lowest BCUT2D eigenvalue weighted by Gasteiger charge is -2.35. The Kier molecular flexibility index (Phi) is 5.30. The number of carbonyl (C=O) groups excluding carboxylic acids is 1. The predicted molar refractivity (Wildman–Crippen MR) is 81.7 cm³/mol. The third-order valence-corrected chi connectivity index (χ3v) is 4.06. The van der Waals surface area contributed by atoms with Gasteiger partial charge in [0.25, 0.3) is 5.91 Å². The van der Waals surface area contributed by atoms with Crippen molar-refractivity contribution in [2.75, 3.05) is 26.8 Å². The van der Waals surface area contributed by atoms with Crippen molar-refractivity contribution in [1.82, 2.24) is 9.47 Å². The van der Waals surface area contributed by atoms with E-state index in [1.807, 2.05) is 4.57 Å². The minimum atomic E-state index is -0.853. The lowest BCUT2D eigenvalue weighted by molar-refractivity contribution is -0.0735. The number of hydrogen-bond donors (Lipinski definition) is 1. The zero-order valence-corrected chi connectivity index (χ0v) is 13.4. The number of carbonyl (C=O) groups is 1. The summed E-state index contributed by atoms with van der Waals surface area (Å²) in [5.41, 5.74) is -0.283. The molecule has 1 fully saturated rings. The van der Waals surface area contributed by atoms with Crippen molar-refractivity contribution in [2.45, 2.75) is 38.3 Å². The van der Waals surface area contributed by atoms with Gasteiger partial charge in [-0.05, 0) is 12.5 Å². The molecule has 0 radical (unpaired) electrons. The Bertz CT molecular complexity index is 495. The van der Waals surface area contributed by atoms with Gasteiger partial charge in [0.1, 0.15) is 5.69 Å². The number of aliphatic hydroxyl groups is 1. The number of ether oxygens (including phenoxy) is 1. The molecule has 1 aromatic heterocycles. The molecule has 2 heterocycles. The van der Waals surface area contributed by atoms with Crippen LogP contribution in [0.2, 0.25) is 5.02 Å². The van der Waals surface area contributed by atoms with Crippen molar-refractivity contribution in [3.05, 3.63) is 23.0 Å². The highest BCUT2D eigenvalue weighted by atomic mass is 35.5. The molecule has 1 saturated heterocycles. The summed E-state index contributed by atoms with van der Waals surface area (Å²) in [5.74, 6) is -0.115. The monoisotopic (exact) mass is 314 g/mol. The largest absolute Gasteiger partial charge is 0.388 e. The fraction of sp³-hybridized carbons (Fsp3) is 0.667. The van der Waals surface area contributed by atoms with E-state index in [0.717, 1.165) is 13.0 Å². The minimum Gasteiger partial charge on any atom is -0.388 e. The van der Waals surface area contributed by atoms with Crippen LogP contribution < -0.4 is 0 Å². The van der Waals surface area contributed by atoms with Crippen LogP contribution in [-0.4, -0.2) is 52.9 Å². The van der Waals surface area contributed by atoms with Crippen LogP contribution in [0.15, 0.2) is 12.3 Å². The van der Waals surface area contributed by atoms with E-state index in [1.165, 1.54) is 0 Å². The molecule has 0 bridgehead atoms. The standard InChI is InChI=1S/C15H23ClN2O3/c1-3-6-18-10-12(16)9-13(18)14(19)17(2)11-15(20)4-7-21-8-5-15/h9-10,20H,3-8,11H2,1-2H3. The second-order valence-corrected chi connectivity index (χ2v) is 6.17. The van der Waals surface area contributed by atoms with Crippen molar-refractivity contribution in [3.63, 3.8) is 0 Å². The summed E-state index contributed by atoms with van der Waals surface area (Å²) in [6.07, 6.45) is 3.81. The Morgan fingerprint density at radius 3 is 2.81 bits per heavy atom. The number of likely N-dealkylation sites (N-methyl/N-ethyl adjacent to an activating group) is 1. The quantitative estimate of drug-likeness (QED) is 0.906. The Labute approximate surface area is 130 Å². The molecule has 1 aliphatic heterocycles. The number of hydrogen-bond acceptors (Lipinski definition) is 3. The van der Waals surface area contributed by atoms with Crippen LogP contribution in [0.4, 0.5) is 0 Å². The van der Waals surface area contributed by atoms with E-state index in [0.29, 0.717) is 43.3 Å². The number of nitrogens with zero attached hydrogens (tertiary/aromatic N) is 2. The van der Waals surface area contributed by atoms with Crippen LogP contribution in [0.3, 0.4) is 0 Å². The smallest absolute Gasteiger partial charge is 0.270 e. The van der Waals surface area contributed by atoms with Gasteiger partial charge < -0.3 is 19.3 Å². The summed E-state index contributed by atoms with van der Waals surface area (Å²) in [6.45, 7) is 4.19. The molecule has 0 atom stereocenters. The lowest BCUT2D eigenvalue weighted by Crippen LogP contribution is -2.47. The Morgan fingerprint density at radius 2 is 2.19 bits per heavy atom. The second-order valence-electron chi connectivity index (χ2n) is 5.73. The maximum absolute atomic E-state index is 12.6. The Morgan fingerprint density at radius 1 is 1.52 bits per heavy atom. The molecule has 0 spiro atoms. The van der Waals surface area contributed by atoms with Crippen molar-refractivity contribution >= 4 is 17.5 Å². The Balaban J connectivity index is 2.08. The molecule has 21 heavy (non-hydrogen) atoms. The van der Waals surface area contributed by atoms with Crippen LogP contribution >= 0.6 is 11.6 Å². The fourth-order valence-electron chi connectivity index (χ4n) is 2.70. The summed E-state index contributed by atoms with van der Waals surface area (Å²) in [7, 11) is 1.72. The molecule has 0 aromatic carbocycles. The van der Waals surface area contributed by atoms with Gasteiger partial charge >= 0.3 is 0 Å². The molecule has 118 valence electrons. The number of halogens is 1. The average Bonchev–Trinajstić information content (AvgIpc) is 2.79. The molecular weight excluding hydrogens is 292 g/mol. The average molecular weight is 315 g/mol. The molecule has 1 amide bonds. The summed E-state index contributed by atoms with van der Waals surface area (Å²) in [5, 5.41) is 11.1. The molecule has 0 aliphatic carbocycles. The van der Waals surface area contributed by atoms with Crippen LogP contribution in [-0.2, 0) is 11.3 Å². The second kappa shape index (κ2) is 6.81. The molecular formula is C15H23ClN2O3. The first-order valence-electron chi connectivity index (χ1n) is 7.36. The van der Waals surface area contributed by atoms with Crippen molar-refractivity contribution in [2.24, 2.45) is 0 Å². The number of aromatic nitrogens is 1. The maximum Gasteiger partial charge on any atom is 0.270 e. The van der Waals surface area contributed by atoms with Gasteiger partial charge in [-0.1, -0.05) is 18.5 Å². The number of aryl methyl sites for hydroxylation is 1. The van der Waals surface area contributed by atoms with Gasteiger partial charge in [-0.15, -0.1) is 0 Å². The van der Waals surface area contributed by atoms with Gasteiger partial charge in [0.15, 0.2) is 0 Å². The topological polar surface area (TPSA) is 54.7 Å².